The Hall–Kier alpha value is 0.350. The molecule has 0 aromatic carbocycles. The van der Waals surface area contributed by atoms with Crippen LogP contribution in [-0.4, -0.2) is 11.5 Å². The lowest BCUT2D eigenvalue weighted by Crippen LogP contribution is -2.27. The first kappa shape index (κ1) is 13.0. The molecule has 0 nitrogen and oxygen atoms in total. The molecule has 0 aromatic rings. The first-order valence-electron chi connectivity index (χ1n) is 4.28. The summed E-state index contributed by atoms with van der Waals surface area (Å²) in [4.78, 5) is 0. The number of thioether (sulfide) groups is 1. The van der Waals surface area contributed by atoms with Crippen LogP contribution in [0.1, 0.15) is 41.5 Å². The van der Waals surface area contributed by atoms with Gasteiger partial charge in [-0.2, -0.15) is 11.8 Å². The van der Waals surface area contributed by atoms with E-state index in [9.17, 15) is 0 Å². The molecule has 1 fully saturated rings. The van der Waals surface area contributed by atoms with Gasteiger partial charge in [0.15, 0.2) is 0 Å². The minimum absolute atomic E-state index is 0.685. The molecule has 0 amide bonds. The van der Waals surface area contributed by atoms with E-state index in [0.29, 0.717) is 5.41 Å². The lowest BCUT2D eigenvalue weighted by molar-refractivity contribution is 0.462. The molecule has 10 heavy (non-hydrogen) atoms. The zero-order chi connectivity index (χ0) is 8.62. The predicted molar refractivity (Wildman–Crippen MR) is 53.8 cm³/mol. The molecule has 64 valence electrons. The Labute approximate surface area is 70.8 Å². The Balaban J connectivity index is 0. The third-order valence-corrected chi connectivity index (χ3v) is 2.96. The summed E-state index contributed by atoms with van der Waals surface area (Å²) in [5.41, 5.74) is 0.685. The van der Waals surface area contributed by atoms with Crippen LogP contribution in [0.3, 0.4) is 0 Å². The van der Waals surface area contributed by atoms with E-state index in [1.165, 1.54) is 11.5 Å². The van der Waals surface area contributed by atoms with Gasteiger partial charge in [-0.05, 0) is 16.9 Å². The van der Waals surface area contributed by atoms with E-state index in [0.717, 1.165) is 0 Å². The lowest BCUT2D eigenvalue weighted by Gasteiger charge is -2.32. The van der Waals surface area contributed by atoms with Gasteiger partial charge in [0.05, 0.1) is 0 Å². The second kappa shape index (κ2) is 7.46. The monoisotopic (exact) mass is 162 g/mol. The van der Waals surface area contributed by atoms with Gasteiger partial charge in [-0.15, -0.1) is 0 Å². The van der Waals surface area contributed by atoms with E-state index in [2.05, 4.69) is 13.8 Å². The van der Waals surface area contributed by atoms with Crippen molar-refractivity contribution >= 4 is 11.8 Å². The van der Waals surface area contributed by atoms with Gasteiger partial charge in [-0.1, -0.05) is 41.5 Å². The number of hydrogen-bond donors (Lipinski definition) is 0. The molecule has 0 unspecified atom stereocenters. The average Bonchev–Trinajstić information content (AvgIpc) is 1.94. The Kier molecular flexibility index (Phi) is 9.68. The molecule has 1 aliphatic heterocycles. The molecule has 1 heterocycles. The van der Waals surface area contributed by atoms with Gasteiger partial charge in [0.2, 0.25) is 0 Å². The minimum atomic E-state index is 0.685. The van der Waals surface area contributed by atoms with Crippen molar-refractivity contribution in [2.45, 2.75) is 41.5 Å². The minimum Gasteiger partial charge on any atom is -0.161 e. The summed E-state index contributed by atoms with van der Waals surface area (Å²) in [7, 11) is 0. The molecular weight excluding hydrogens is 140 g/mol. The van der Waals surface area contributed by atoms with Gasteiger partial charge in [-0.3, -0.25) is 0 Å². The Morgan fingerprint density at radius 3 is 1.10 bits per heavy atom. The van der Waals surface area contributed by atoms with Crippen molar-refractivity contribution in [3.63, 3.8) is 0 Å². The standard InChI is InChI=1S/C5H10S.2C2H6/c1-5(2)3-6-4-5;2*1-2/h3-4H2,1-2H3;2*1-2H3. The van der Waals surface area contributed by atoms with Gasteiger partial charge in [-0.25, -0.2) is 0 Å². The first-order chi connectivity index (χ1) is 4.71. The summed E-state index contributed by atoms with van der Waals surface area (Å²) in [6, 6.07) is 0. The molecule has 1 aliphatic rings. The van der Waals surface area contributed by atoms with Gasteiger partial charge in [0.1, 0.15) is 0 Å². The maximum Gasteiger partial charge on any atom is -0.000799 e. The Morgan fingerprint density at radius 1 is 0.900 bits per heavy atom. The molecule has 0 radical (unpaired) electrons. The van der Waals surface area contributed by atoms with Crippen LogP contribution in [-0.2, 0) is 0 Å². The van der Waals surface area contributed by atoms with Crippen molar-refractivity contribution < 1.29 is 0 Å². The predicted octanol–water partition coefficient (Wildman–Crippen LogP) is 3.81. The summed E-state index contributed by atoms with van der Waals surface area (Å²) in [5.74, 6) is 2.74. The topological polar surface area (TPSA) is 0 Å². The zero-order valence-corrected chi connectivity index (χ0v) is 9.14. The Bertz CT molecular complexity index is 51.7. The molecule has 0 spiro atoms. The second-order valence-electron chi connectivity index (χ2n) is 2.66. The van der Waals surface area contributed by atoms with Gasteiger partial charge < -0.3 is 0 Å². The lowest BCUT2D eigenvalue weighted by atomic mass is 9.99. The van der Waals surface area contributed by atoms with Crippen molar-refractivity contribution in [1.29, 1.82) is 0 Å². The molecule has 1 heteroatoms. The fourth-order valence-corrected chi connectivity index (χ4v) is 1.53. The molecule has 0 saturated carbocycles. The van der Waals surface area contributed by atoms with Crippen molar-refractivity contribution in [1.82, 2.24) is 0 Å². The highest BCUT2D eigenvalue weighted by atomic mass is 32.2. The molecule has 1 rings (SSSR count). The molecule has 0 aromatic heterocycles. The smallest absolute Gasteiger partial charge is 0.000799 e. The maximum atomic E-state index is 2.31. The fourth-order valence-electron chi connectivity index (χ4n) is 0.510. The van der Waals surface area contributed by atoms with E-state index >= 15 is 0 Å². The summed E-state index contributed by atoms with van der Waals surface area (Å²) >= 11 is 2.04. The van der Waals surface area contributed by atoms with Crippen molar-refractivity contribution in [3.05, 3.63) is 0 Å². The van der Waals surface area contributed by atoms with Crippen LogP contribution in [0.2, 0.25) is 0 Å². The third-order valence-electron chi connectivity index (χ3n) is 0.986. The summed E-state index contributed by atoms with van der Waals surface area (Å²) < 4.78 is 0. The van der Waals surface area contributed by atoms with Gasteiger partial charge in [0.25, 0.3) is 0 Å². The van der Waals surface area contributed by atoms with Gasteiger partial charge in [0, 0.05) is 0 Å². The van der Waals surface area contributed by atoms with Crippen LogP contribution < -0.4 is 0 Å². The van der Waals surface area contributed by atoms with E-state index in [1.807, 2.05) is 39.5 Å². The highest BCUT2D eigenvalue weighted by molar-refractivity contribution is 8.00. The van der Waals surface area contributed by atoms with Gasteiger partial charge >= 0.3 is 0 Å². The first-order valence-corrected chi connectivity index (χ1v) is 5.44. The van der Waals surface area contributed by atoms with Crippen LogP contribution >= 0.6 is 11.8 Å². The van der Waals surface area contributed by atoms with Crippen LogP contribution in [0.4, 0.5) is 0 Å². The quantitative estimate of drug-likeness (QED) is 0.522. The summed E-state index contributed by atoms with van der Waals surface area (Å²) in [6.07, 6.45) is 0. The molecular formula is C9H22S. The molecule has 0 bridgehead atoms. The van der Waals surface area contributed by atoms with E-state index < -0.39 is 0 Å². The fraction of sp³-hybridized carbons (Fsp3) is 1.00. The van der Waals surface area contributed by atoms with Crippen molar-refractivity contribution in [3.8, 4) is 0 Å². The summed E-state index contributed by atoms with van der Waals surface area (Å²) in [5, 5.41) is 0. The highest BCUT2D eigenvalue weighted by Crippen LogP contribution is 2.35. The SMILES string of the molecule is CC.CC.CC1(C)CSC1. The summed E-state index contributed by atoms with van der Waals surface area (Å²) in [6.45, 7) is 12.6. The third kappa shape index (κ3) is 6.47. The van der Waals surface area contributed by atoms with E-state index in [-0.39, 0.29) is 0 Å². The largest absolute Gasteiger partial charge is 0.161 e. The van der Waals surface area contributed by atoms with Crippen molar-refractivity contribution in [2.24, 2.45) is 5.41 Å². The number of rotatable bonds is 0. The normalized spacial score (nSPS) is 18.6. The van der Waals surface area contributed by atoms with E-state index in [1.54, 1.807) is 0 Å². The maximum absolute atomic E-state index is 2.31. The molecule has 0 N–H and O–H groups in total. The Morgan fingerprint density at radius 2 is 1.10 bits per heavy atom. The van der Waals surface area contributed by atoms with E-state index in [4.69, 9.17) is 0 Å². The van der Waals surface area contributed by atoms with Crippen LogP contribution in [0, 0.1) is 5.41 Å². The van der Waals surface area contributed by atoms with Crippen LogP contribution in [0.25, 0.3) is 0 Å². The highest BCUT2D eigenvalue weighted by Gasteiger charge is 2.25. The number of hydrogen-bond acceptors (Lipinski definition) is 1. The molecule has 1 saturated heterocycles. The second-order valence-corrected chi connectivity index (χ2v) is 3.64. The molecule has 0 atom stereocenters. The zero-order valence-electron chi connectivity index (χ0n) is 8.32. The van der Waals surface area contributed by atoms with Crippen LogP contribution in [0.15, 0.2) is 0 Å². The molecule has 0 aliphatic carbocycles. The van der Waals surface area contributed by atoms with Crippen LogP contribution in [0.5, 0.6) is 0 Å². The van der Waals surface area contributed by atoms with Crippen molar-refractivity contribution in [2.75, 3.05) is 11.5 Å². The average molecular weight is 162 g/mol.